The third-order valence-corrected chi connectivity index (χ3v) is 4.45. The number of fused-ring (bicyclic) bond motifs is 1. The van der Waals surface area contributed by atoms with Gasteiger partial charge in [-0.3, -0.25) is 4.79 Å². The molecule has 1 atom stereocenters. The van der Waals surface area contributed by atoms with Crippen molar-refractivity contribution in [3.63, 3.8) is 0 Å². The summed E-state index contributed by atoms with van der Waals surface area (Å²) < 4.78 is 48.9. The second-order valence-corrected chi connectivity index (χ2v) is 6.41. The highest BCUT2D eigenvalue weighted by molar-refractivity contribution is 5.78. The number of halogens is 3. The number of nitrogens with one attached hydrogen (secondary N) is 1. The molecular formula is C21H20F3NO3. The maximum Gasteiger partial charge on any atom is 0.416 e. The van der Waals surface area contributed by atoms with Crippen molar-refractivity contribution in [2.24, 2.45) is 0 Å². The van der Waals surface area contributed by atoms with Crippen LogP contribution in [0.1, 0.15) is 29.4 Å². The molecule has 0 radical (unpaired) electrons. The van der Waals surface area contributed by atoms with Gasteiger partial charge in [0.25, 0.3) is 0 Å². The number of methoxy groups -OCH3 is 1. The standard InChI is InChI=1S/C21H20F3NO3/c1-27-19(18-12-15-4-2-3-5-17(15)28-18)13-25-20(26)11-8-14-6-9-16(10-7-14)21(22,23)24/h2-7,9-10,12,19H,8,11,13H2,1H3,(H,25,26)/t19-/m1/s1. The molecule has 7 heteroatoms. The Balaban J connectivity index is 1.51. The number of carbonyl (C=O) groups excluding carboxylic acids is 1. The van der Waals surface area contributed by atoms with Crippen LogP contribution in [0, 0.1) is 0 Å². The number of benzene rings is 2. The van der Waals surface area contributed by atoms with Gasteiger partial charge in [0.15, 0.2) is 0 Å². The van der Waals surface area contributed by atoms with Crippen LogP contribution in [0.4, 0.5) is 13.2 Å². The van der Waals surface area contributed by atoms with Gasteiger partial charge in [-0.05, 0) is 36.2 Å². The number of furan rings is 1. The van der Waals surface area contributed by atoms with E-state index in [2.05, 4.69) is 5.32 Å². The summed E-state index contributed by atoms with van der Waals surface area (Å²) in [4.78, 5) is 12.1. The van der Waals surface area contributed by atoms with Gasteiger partial charge < -0.3 is 14.5 Å². The number of para-hydroxylation sites is 1. The Morgan fingerprint density at radius 1 is 1.14 bits per heavy atom. The van der Waals surface area contributed by atoms with Crippen molar-refractivity contribution >= 4 is 16.9 Å². The van der Waals surface area contributed by atoms with E-state index in [0.29, 0.717) is 17.7 Å². The van der Waals surface area contributed by atoms with E-state index in [9.17, 15) is 18.0 Å². The second kappa shape index (κ2) is 8.48. The summed E-state index contributed by atoms with van der Waals surface area (Å²) in [6.45, 7) is 0.238. The molecule has 1 aromatic heterocycles. The number of amides is 1. The van der Waals surface area contributed by atoms with E-state index in [1.165, 1.54) is 19.2 Å². The van der Waals surface area contributed by atoms with Crippen molar-refractivity contribution in [2.75, 3.05) is 13.7 Å². The molecule has 0 aliphatic rings. The van der Waals surface area contributed by atoms with E-state index in [0.717, 1.165) is 23.1 Å². The topological polar surface area (TPSA) is 51.5 Å². The first-order valence-electron chi connectivity index (χ1n) is 8.81. The second-order valence-electron chi connectivity index (χ2n) is 6.41. The van der Waals surface area contributed by atoms with E-state index < -0.39 is 17.8 Å². The van der Waals surface area contributed by atoms with Crippen molar-refractivity contribution < 1.29 is 27.1 Å². The van der Waals surface area contributed by atoms with Gasteiger partial charge in [0.05, 0.1) is 12.1 Å². The Bertz CT molecular complexity index is 899. The number of carbonyl (C=O) groups is 1. The van der Waals surface area contributed by atoms with E-state index in [1.807, 2.05) is 30.3 Å². The fraction of sp³-hybridized carbons (Fsp3) is 0.286. The van der Waals surface area contributed by atoms with Crippen molar-refractivity contribution in [3.8, 4) is 0 Å². The Morgan fingerprint density at radius 3 is 2.50 bits per heavy atom. The minimum Gasteiger partial charge on any atom is -0.458 e. The van der Waals surface area contributed by atoms with Gasteiger partial charge in [0, 0.05) is 18.9 Å². The average molecular weight is 391 g/mol. The third kappa shape index (κ3) is 4.92. The monoisotopic (exact) mass is 391 g/mol. The zero-order valence-electron chi connectivity index (χ0n) is 15.3. The van der Waals surface area contributed by atoms with Crippen molar-refractivity contribution in [1.82, 2.24) is 5.32 Å². The van der Waals surface area contributed by atoms with E-state index in [4.69, 9.17) is 9.15 Å². The third-order valence-electron chi connectivity index (χ3n) is 4.45. The molecule has 0 aliphatic heterocycles. The quantitative estimate of drug-likeness (QED) is 0.624. The number of rotatable bonds is 7. The van der Waals surface area contributed by atoms with Crippen LogP contribution >= 0.6 is 0 Å². The largest absolute Gasteiger partial charge is 0.458 e. The average Bonchev–Trinajstić information content (AvgIpc) is 3.10. The van der Waals surface area contributed by atoms with E-state index in [-0.39, 0.29) is 18.9 Å². The van der Waals surface area contributed by atoms with Gasteiger partial charge in [-0.25, -0.2) is 0 Å². The molecule has 0 unspecified atom stereocenters. The van der Waals surface area contributed by atoms with Gasteiger partial charge in [0.2, 0.25) is 5.91 Å². The number of ether oxygens (including phenoxy) is 1. The molecule has 1 heterocycles. The molecule has 0 fully saturated rings. The molecule has 3 rings (SSSR count). The predicted molar refractivity (Wildman–Crippen MR) is 98.7 cm³/mol. The maximum absolute atomic E-state index is 12.6. The lowest BCUT2D eigenvalue weighted by Crippen LogP contribution is -2.29. The molecule has 3 aromatic rings. The fourth-order valence-corrected chi connectivity index (χ4v) is 2.87. The highest BCUT2D eigenvalue weighted by Crippen LogP contribution is 2.29. The minimum absolute atomic E-state index is 0.169. The number of hydrogen-bond acceptors (Lipinski definition) is 3. The lowest BCUT2D eigenvalue weighted by atomic mass is 10.1. The summed E-state index contributed by atoms with van der Waals surface area (Å²) in [7, 11) is 1.53. The molecule has 1 N–H and O–H groups in total. The minimum atomic E-state index is -4.36. The van der Waals surface area contributed by atoms with Gasteiger partial charge in [0.1, 0.15) is 17.4 Å². The summed E-state index contributed by atoms with van der Waals surface area (Å²) in [5, 5.41) is 3.73. The molecule has 148 valence electrons. The Labute approximate surface area is 160 Å². The molecule has 0 aliphatic carbocycles. The summed E-state index contributed by atoms with van der Waals surface area (Å²) in [6, 6.07) is 14.3. The molecule has 0 bridgehead atoms. The Hall–Kier alpha value is -2.80. The van der Waals surface area contributed by atoms with Crippen LogP contribution in [0.15, 0.2) is 59.0 Å². The first-order chi connectivity index (χ1) is 13.4. The molecule has 2 aromatic carbocycles. The Morgan fingerprint density at radius 2 is 1.86 bits per heavy atom. The molecule has 0 saturated heterocycles. The molecule has 28 heavy (non-hydrogen) atoms. The first kappa shape index (κ1) is 19.9. The van der Waals surface area contributed by atoms with E-state index >= 15 is 0 Å². The summed E-state index contributed by atoms with van der Waals surface area (Å²) in [6.07, 6.45) is -4.27. The van der Waals surface area contributed by atoms with Crippen molar-refractivity contribution in [3.05, 3.63) is 71.5 Å². The SMILES string of the molecule is CO[C@H](CNC(=O)CCc1ccc(C(F)(F)F)cc1)c1cc2ccccc2o1. The fourth-order valence-electron chi connectivity index (χ4n) is 2.87. The van der Waals surface area contributed by atoms with Gasteiger partial charge in [-0.15, -0.1) is 0 Å². The lowest BCUT2D eigenvalue weighted by Gasteiger charge is -2.14. The molecular weight excluding hydrogens is 371 g/mol. The van der Waals surface area contributed by atoms with Crippen LogP contribution < -0.4 is 5.32 Å². The summed E-state index contributed by atoms with van der Waals surface area (Å²) >= 11 is 0. The zero-order chi connectivity index (χ0) is 20.1. The summed E-state index contributed by atoms with van der Waals surface area (Å²) in [5.74, 6) is 0.407. The van der Waals surface area contributed by atoms with Crippen molar-refractivity contribution in [2.45, 2.75) is 25.1 Å². The van der Waals surface area contributed by atoms with Crippen LogP contribution in [0.2, 0.25) is 0 Å². The number of aryl methyl sites for hydroxylation is 1. The van der Waals surface area contributed by atoms with Gasteiger partial charge in [-0.1, -0.05) is 30.3 Å². The molecule has 1 amide bonds. The number of alkyl halides is 3. The zero-order valence-corrected chi connectivity index (χ0v) is 15.3. The first-order valence-corrected chi connectivity index (χ1v) is 8.81. The molecule has 0 saturated carbocycles. The van der Waals surface area contributed by atoms with Crippen LogP contribution in [0.5, 0.6) is 0 Å². The lowest BCUT2D eigenvalue weighted by molar-refractivity contribution is -0.137. The highest BCUT2D eigenvalue weighted by Gasteiger charge is 2.29. The highest BCUT2D eigenvalue weighted by atomic mass is 19.4. The van der Waals surface area contributed by atoms with Gasteiger partial charge >= 0.3 is 6.18 Å². The van der Waals surface area contributed by atoms with Crippen LogP contribution in [0.25, 0.3) is 11.0 Å². The summed E-state index contributed by atoms with van der Waals surface area (Å²) in [5.41, 5.74) is 0.714. The normalized spacial score (nSPS) is 12.9. The van der Waals surface area contributed by atoms with Gasteiger partial charge in [-0.2, -0.15) is 13.2 Å². The molecule has 4 nitrogen and oxygen atoms in total. The maximum atomic E-state index is 12.6. The van der Waals surface area contributed by atoms with Crippen LogP contribution in [-0.4, -0.2) is 19.6 Å². The van der Waals surface area contributed by atoms with Crippen molar-refractivity contribution in [1.29, 1.82) is 0 Å². The van der Waals surface area contributed by atoms with E-state index in [1.54, 1.807) is 0 Å². The predicted octanol–water partition coefficient (Wildman–Crippen LogP) is 4.89. The smallest absolute Gasteiger partial charge is 0.416 e. The van der Waals surface area contributed by atoms with Crippen LogP contribution in [-0.2, 0) is 22.1 Å². The van der Waals surface area contributed by atoms with Crippen LogP contribution in [0.3, 0.4) is 0 Å². The molecule has 0 spiro atoms. The number of hydrogen-bond donors (Lipinski definition) is 1. The Kier molecular flexibility index (Phi) is 6.04.